The zero-order valence-corrected chi connectivity index (χ0v) is 12.0. The van der Waals surface area contributed by atoms with Crippen LogP contribution in [0, 0.1) is 5.92 Å². The molecule has 0 aromatic carbocycles. The number of amides is 1. The number of rotatable bonds is 7. The number of aliphatic hydroxyl groups excluding tert-OH is 1. The first-order valence-corrected chi connectivity index (χ1v) is 7.19. The minimum atomic E-state index is 0.0801. The third kappa shape index (κ3) is 4.94. The molecule has 1 atom stereocenters. The molecule has 1 rings (SSSR count). The summed E-state index contributed by atoms with van der Waals surface area (Å²) < 4.78 is 0. The van der Waals surface area contributed by atoms with Gasteiger partial charge in [0.05, 0.1) is 13.2 Å². The Morgan fingerprint density at radius 1 is 1.33 bits per heavy atom. The van der Waals surface area contributed by atoms with Gasteiger partial charge < -0.3 is 10.4 Å². The second kappa shape index (κ2) is 7.74. The maximum absolute atomic E-state index is 12.0. The minimum absolute atomic E-state index is 0.0801. The predicted molar refractivity (Wildman–Crippen MR) is 73.4 cm³/mol. The van der Waals surface area contributed by atoms with Crippen molar-refractivity contribution in [3.63, 3.8) is 0 Å². The second-order valence-corrected chi connectivity index (χ2v) is 5.73. The summed E-state index contributed by atoms with van der Waals surface area (Å²) in [6, 6.07) is 0.689. The van der Waals surface area contributed by atoms with Crippen LogP contribution < -0.4 is 5.32 Å². The molecule has 1 aliphatic rings. The summed E-state index contributed by atoms with van der Waals surface area (Å²) >= 11 is 0. The van der Waals surface area contributed by atoms with Gasteiger partial charge in [-0.3, -0.25) is 9.69 Å². The SMILES string of the molecule is CC(C)C(C)NC(=O)CN(CCO)C1CCCC1. The number of hydrogen-bond donors (Lipinski definition) is 2. The third-order valence-corrected chi connectivity index (χ3v) is 3.96. The van der Waals surface area contributed by atoms with Gasteiger partial charge in [0.15, 0.2) is 0 Å². The van der Waals surface area contributed by atoms with Crippen molar-refractivity contribution in [3.05, 3.63) is 0 Å². The van der Waals surface area contributed by atoms with Gasteiger partial charge >= 0.3 is 0 Å². The quantitative estimate of drug-likeness (QED) is 0.723. The fourth-order valence-corrected chi connectivity index (χ4v) is 2.44. The molecule has 18 heavy (non-hydrogen) atoms. The first kappa shape index (κ1) is 15.4. The molecule has 0 heterocycles. The van der Waals surface area contributed by atoms with E-state index in [0.717, 1.165) is 12.8 Å². The van der Waals surface area contributed by atoms with Gasteiger partial charge in [-0.25, -0.2) is 0 Å². The van der Waals surface area contributed by atoms with Crippen molar-refractivity contribution in [1.82, 2.24) is 10.2 Å². The molecule has 106 valence electrons. The van der Waals surface area contributed by atoms with Gasteiger partial charge in [-0.2, -0.15) is 0 Å². The Morgan fingerprint density at radius 3 is 2.44 bits per heavy atom. The summed E-state index contributed by atoms with van der Waals surface area (Å²) in [5.74, 6) is 0.531. The van der Waals surface area contributed by atoms with Crippen molar-refractivity contribution >= 4 is 5.91 Å². The molecule has 0 aliphatic heterocycles. The summed E-state index contributed by atoms with van der Waals surface area (Å²) in [6.45, 7) is 7.40. The van der Waals surface area contributed by atoms with Gasteiger partial charge in [-0.05, 0) is 25.7 Å². The van der Waals surface area contributed by atoms with Crippen LogP contribution in [0.4, 0.5) is 0 Å². The topological polar surface area (TPSA) is 52.6 Å². The standard InChI is InChI=1S/C14H28N2O2/c1-11(2)12(3)15-14(18)10-16(8-9-17)13-6-4-5-7-13/h11-13,17H,4-10H2,1-3H3,(H,15,18). The zero-order chi connectivity index (χ0) is 13.5. The maximum Gasteiger partial charge on any atom is 0.234 e. The molecule has 4 heteroatoms. The average molecular weight is 256 g/mol. The highest BCUT2D eigenvalue weighted by atomic mass is 16.3. The molecule has 0 radical (unpaired) electrons. The van der Waals surface area contributed by atoms with Crippen LogP contribution in [0.15, 0.2) is 0 Å². The number of nitrogens with one attached hydrogen (secondary N) is 1. The molecule has 0 spiro atoms. The normalized spacial score (nSPS) is 18.6. The van der Waals surface area contributed by atoms with Crippen molar-refractivity contribution in [2.45, 2.75) is 58.5 Å². The van der Waals surface area contributed by atoms with Crippen molar-refractivity contribution in [2.75, 3.05) is 19.7 Å². The summed E-state index contributed by atoms with van der Waals surface area (Å²) in [6.07, 6.45) is 4.81. The largest absolute Gasteiger partial charge is 0.395 e. The van der Waals surface area contributed by atoms with Gasteiger partial charge in [0.1, 0.15) is 0 Å². The molecular formula is C14H28N2O2. The lowest BCUT2D eigenvalue weighted by molar-refractivity contribution is -0.123. The van der Waals surface area contributed by atoms with Crippen molar-refractivity contribution in [3.8, 4) is 0 Å². The van der Waals surface area contributed by atoms with Crippen LogP contribution >= 0.6 is 0 Å². The van der Waals surface area contributed by atoms with Gasteiger partial charge in [-0.15, -0.1) is 0 Å². The van der Waals surface area contributed by atoms with Crippen LogP contribution in [0.1, 0.15) is 46.5 Å². The minimum Gasteiger partial charge on any atom is -0.395 e. The number of carbonyl (C=O) groups is 1. The van der Waals surface area contributed by atoms with Gasteiger partial charge in [0, 0.05) is 18.6 Å². The van der Waals surface area contributed by atoms with Crippen LogP contribution in [0.2, 0.25) is 0 Å². The average Bonchev–Trinajstić information content (AvgIpc) is 2.81. The number of hydrogen-bond acceptors (Lipinski definition) is 3. The fourth-order valence-electron chi connectivity index (χ4n) is 2.44. The Bertz CT molecular complexity index is 250. The lowest BCUT2D eigenvalue weighted by Gasteiger charge is -2.28. The molecule has 1 unspecified atom stereocenters. The summed E-state index contributed by atoms with van der Waals surface area (Å²) in [5, 5.41) is 12.1. The lowest BCUT2D eigenvalue weighted by atomic mass is 10.1. The van der Waals surface area contributed by atoms with Crippen molar-refractivity contribution in [1.29, 1.82) is 0 Å². The summed E-state index contributed by atoms with van der Waals surface area (Å²) in [7, 11) is 0. The monoisotopic (exact) mass is 256 g/mol. The van der Waals surface area contributed by atoms with E-state index in [4.69, 9.17) is 5.11 Å². The van der Waals surface area contributed by atoms with E-state index in [0.29, 0.717) is 25.0 Å². The van der Waals surface area contributed by atoms with E-state index < -0.39 is 0 Å². The molecule has 0 saturated heterocycles. The first-order chi connectivity index (χ1) is 8.54. The molecule has 4 nitrogen and oxygen atoms in total. The van der Waals surface area contributed by atoms with Gasteiger partial charge in [0.2, 0.25) is 5.91 Å². The van der Waals surface area contributed by atoms with Crippen molar-refractivity contribution < 1.29 is 9.90 Å². The van der Waals surface area contributed by atoms with E-state index in [2.05, 4.69) is 24.1 Å². The van der Waals surface area contributed by atoms with E-state index in [9.17, 15) is 4.79 Å². The Balaban J connectivity index is 2.42. The molecule has 2 N–H and O–H groups in total. The second-order valence-electron chi connectivity index (χ2n) is 5.73. The molecule has 1 saturated carbocycles. The van der Waals surface area contributed by atoms with E-state index in [1.54, 1.807) is 0 Å². The highest BCUT2D eigenvalue weighted by molar-refractivity contribution is 5.78. The van der Waals surface area contributed by atoms with Crippen LogP contribution in [0.3, 0.4) is 0 Å². The fraction of sp³-hybridized carbons (Fsp3) is 0.929. The number of nitrogens with zero attached hydrogens (tertiary/aromatic N) is 1. The third-order valence-electron chi connectivity index (χ3n) is 3.96. The molecule has 0 aromatic heterocycles. The number of aliphatic hydroxyl groups is 1. The molecular weight excluding hydrogens is 228 g/mol. The van der Waals surface area contributed by atoms with Crippen LogP contribution in [0.25, 0.3) is 0 Å². The Hall–Kier alpha value is -0.610. The van der Waals surface area contributed by atoms with Crippen LogP contribution in [-0.4, -0.2) is 47.7 Å². The first-order valence-electron chi connectivity index (χ1n) is 7.19. The van der Waals surface area contributed by atoms with E-state index in [1.165, 1.54) is 12.8 Å². The molecule has 1 amide bonds. The molecule has 1 aliphatic carbocycles. The summed E-state index contributed by atoms with van der Waals surface area (Å²) in [4.78, 5) is 14.1. The van der Waals surface area contributed by atoms with E-state index >= 15 is 0 Å². The van der Waals surface area contributed by atoms with Crippen LogP contribution in [-0.2, 0) is 4.79 Å². The van der Waals surface area contributed by atoms with Gasteiger partial charge in [0.25, 0.3) is 0 Å². The van der Waals surface area contributed by atoms with E-state index in [-0.39, 0.29) is 18.6 Å². The number of carbonyl (C=O) groups excluding carboxylic acids is 1. The zero-order valence-electron chi connectivity index (χ0n) is 12.0. The highest BCUT2D eigenvalue weighted by Gasteiger charge is 2.24. The maximum atomic E-state index is 12.0. The Kier molecular flexibility index (Phi) is 6.65. The predicted octanol–water partition coefficient (Wildman–Crippen LogP) is 1.38. The molecule has 0 aromatic rings. The van der Waals surface area contributed by atoms with Crippen LogP contribution in [0.5, 0.6) is 0 Å². The Labute approximate surface area is 111 Å². The van der Waals surface area contributed by atoms with Gasteiger partial charge in [-0.1, -0.05) is 26.7 Å². The van der Waals surface area contributed by atoms with Crippen molar-refractivity contribution in [2.24, 2.45) is 5.92 Å². The molecule has 0 bridgehead atoms. The van der Waals surface area contributed by atoms with E-state index in [1.807, 2.05) is 6.92 Å². The lowest BCUT2D eigenvalue weighted by Crippen LogP contribution is -2.46. The Morgan fingerprint density at radius 2 is 1.94 bits per heavy atom. The highest BCUT2D eigenvalue weighted by Crippen LogP contribution is 2.22. The smallest absolute Gasteiger partial charge is 0.234 e. The molecule has 1 fully saturated rings. The summed E-state index contributed by atoms with van der Waals surface area (Å²) in [5.41, 5.74) is 0.